The van der Waals surface area contributed by atoms with E-state index < -0.39 is 4.92 Å². The van der Waals surface area contributed by atoms with Crippen LogP contribution in [0.3, 0.4) is 0 Å². The predicted molar refractivity (Wildman–Crippen MR) is 84.8 cm³/mol. The fourth-order valence-electron chi connectivity index (χ4n) is 1.54. The summed E-state index contributed by atoms with van der Waals surface area (Å²) in [5.74, 6) is -0.0661. The van der Waals surface area contributed by atoms with Gasteiger partial charge in [-0.15, -0.1) is 10.2 Å². The van der Waals surface area contributed by atoms with Crippen LogP contribution < -0.4 is 5.32 Å². The van der Waals surface area contributed by atoms with Crippen molar-refractivity contribution in [2.75, 3.05) is 5.32 Å². The average molecular weight is 318 g/mol. The highest BCUT2D eigenvalue weighted by molar-refractivity contribution is 7.15. The topological polar surface area (TPSA) is 98.0 Å². The van der Waals surface area contributed by atoms with Gasteiger partial charge in [0.15, 0.2) is 0 Å². The van der Waals surface area contributed by atoms with E-state index in [1.807, 2.05) is 13.8 Å². The molecule has 0 atom stereocenters. The molecule has 8 heteroatoms. The van der Waals surface area contributed by atoms with Gasteiger partial charge in [0.1, 0.15) is 5.01 Å². The van der Waals surface area contributed by atoms with Crippen LogP contribution in [0.15, 0.2) is 30.3 Å². The maximum Gasteiger partial charge on any atom is 0.269 e. The molecule has 0 radical (unpaired) electrons. The van der Waals surface area contributed by atoms with Crippen LogP contribution in [0.5, 0.6) is 0 Å². The van der Waals surface area contributed by atoms with E-state index in [0.29, 0.717) is 10.7 Å². The lowest BCUT2D eigenvalue weighted by molar-refractivity contribution is -0.384. The Bertz CT molecular complexity index is 707. The second-order valence-corrected chi connectivity index (χ2v) is 5.78. The maximum absolute atomic E-state index is 11.8. The summed E-state index contributed by atoms with van der Waals surface area (Å²) < 4.78 is 0. The van der Waals surface area contributed by atoms with E-state index in [2.05, 4.69) is 15.5 Å². The van der Waals surface area contributed by atoms with Gasteiger partial charge in [-0.25, -0.2) is 0 Å². The van der Waals surface area contributed by atoms with Crippen LogP contribution in [0.25, 0.3) is 6.08 Å². The fourth-order valence-corrected chi connectivity index (χ4v) is 2.29. The zero-order chi connectivity index (χ0) is 16.1. The van der Waals surface area contributed by atoms with Crippen LogP contribution in [0.4, 0.5) is 10.8 Å². The van der Waals surface area contributed by atoms with Gasteiger partial charge >= 0.3 is 0 Å². The molecule has 0 saturated heterocycles. The quantitative estimate of drug-likeness (QED) is 0.518. The number of non-ortho nitro benzene ring substituents is 1. The minimum absolute atomic E-state index is 0.0108. The molecule has 0 aliphatic heterocycles. The number of aromatic nitrogens is 2. The molecule has 22 heavy (non-hydrogen) atoms. The monoisotopic (exact) mass is 318 g/mol. The Balaban J connectivity index is 1.97. The highest BCUT2D eigenvalue weighted by Gasteiger charge is 2.09. The maximum atomic E-state index is 11.8. The third-order valence-electron chi connectivity index (χ3n) is 2.70. The number of carbonyl (C=O) groups excluding carboxylic acids is 1. The number of hydrogen-bond acceptors (Lipinski definition) is 6. The van der Waals surface area contributed by atoms with Crippen LogP contribution in [0.1, 0.15) is 30.3 Å². The van der Waals surface area contributed by atoms with E-state index in [9.17, 15) is 14.9 Å². The number of carbonyl (C=O) groups is 1. The van der Waals surface area contributed by atoms with Gasteiger partial charge in [0.05, 0.1) is 4.92 Å². The Kier molecular flexibility index (Phi) is 4.95. The molecular weight excluding hydrogens is 304 g/mol. The molecule has 2 aromatic rings. The first-order valence-corrected chi connectivity index (χ1v) is 7.34. The summed E-state index contributed by atoms with van der Waals surface area (Å²) >= 11 is 1.33. The molecule has 0 bridgehead atoms. The molecule has 0 aliphatic rings. The number of nitro benzene ring substituents is 1. The minimum atomic E-state index is -0.470. The highest BCUT2D eigenvalue weighted by atomic mass is 32.1. The molecule has 1 aromatic carbocycles. The number of rotatable bonds is 5. The number of anilines is 1. The number of benzene rings is 1. The lowest BCUT2D eigenvalue weighted by Crippen LogP contribution is -2.07. The van der Waals surface area contributed by atoms with Crippen molar-refractivity contribution in [2.45, 2.75) is 19.8 Å². The molecule has 7 nitrogen and oxygen atoms in total. The van der Waals surface area contributed by atoms with Crippen molar-refractivity contribution in [2.24, 2.45) is 0 Å². The van der Waals surface area contributed by atoms with Crippen LogP contribution in [0.2, 0.25) is 0 Å². The van der Waals surface area contributed by atoms with Gasteiger partial charge in [-0.1, -0.05) is 25.2 Å². The van der Waals surface area contributed by atoms with Crippen LogP contribution in [0, 0.1) is 10.1 Å². The zero-order valence-corrected chi connectivity index (χ0v) is 12.8. The Hall–Kier alpha value is -2.61. The van der Waals surface area contributed by atoms with Crippen molar-refractivity contribution in [3.63, 3.8) is 0 Å². The number of nitrogens with one attached hydrogen (secondary N) is 1. The van der Waals surface area contributed by atoms with Crippen molar-refractivity contribution in [1.29, 1.82) is 0 Å². The summed E-state index contributed by atoms with van der Waals surface area (Å²) in [5, 5.41) is 22.3. The zero-order valence-electron chi connectivity index (χ0n) is 12.0. The molecule has 1 N–H and O–H groups in total. The summed E-state index contributed by atoms with van der Waals surface area (Å²) in [5.41, 5.74) is 0.706. The summed E-state index contributed by atoms with van der Waals surface area (Å²) in [6.45, 7) is 4.00. The molecule has 1 heterocycles. The molecule has 0 unspecified atom stereocenters. The smallest absolute Gasteiger partial charge is 0.269 e. The molecule has 0 saturated carbocycles. The standard InChI is InChI=1S/C14H14N4O3S/c1-9(2)13-16-17-14(22-13)15-12(19)8-5-10-3-6-11(7-4-10)18(20)21/h3-9H,1-2H3,(H,15,17,19)/b8-5+. The Labute approximate surface area is 130 Å². The third-order valence-corrected chi connectivity index (χ3v) is 3.83. The first-order chi connectivity index (χ1) is 10.5. The van der Waals surface area contributed by atoms with Crippen molar-refractivity contribution in [3.05, 3.63) is 51.0 Å². The Morgan fingerprint density at radius 1 is 1.32 bits per heavy atom. The van der Waals surface area contributed by atoms with Crippen LogP contribution in [-0.2, 0) is 4.79 Å². The number of nitrogens with zero attached hydrogens (tertiary/aromatic N) is 3. The van der Waals surface area contributed by atoms with E-state index in [4.69, 9.17) is 0 Å². The second kappa shape index (κ2) is 6.90. The fraction of sp³-hybridized carbons (Fsp3) is 0.214. The molecule has 1 aromatic heterocycles. The first kappa shape index (κ1) is 15.8. The summed E-state index contributed by atoms with van der Waals surface area (Å²) in [6, 6.07) is 5.92. The van der Waals surface area contributed by atoms with Crippen molar-refractivity contribution in [1.82, 2.24) is 10.2 Å². The lowest BCUT2D eigenvalue weighted by Gasteiger charge is -1.96. The Morgan fingerprint density at radius 2 is 2.00 bits per heavy atom. The van der Waals surface area contributed by atoms with Gasteiger partial charge < -0.3 is 0 Å². The van der Waals surface area contributed by atoms with Crippen LogP contribution in [-0.4, -0.2) is 21.0 Å². The summed E-state index contributed by atoms with van der Waals surface area (Å²) in [4.78, 5) is 21.8. The van der Waals surface area contributed by atoms with E-state index >= 15 is 0 Å². The average Bonchev–Trinajstić information content (AvgIpc) is 2.94. The Morgan fingerprint density at radius 3 is 2.55 bits per heavy atom. The van der Waals surface area contributed by atoms with Gasteiger partial charge in [0.2, 0.25) is 11.0 Å². The lowest BCUT2D eigenvalue weighted by atomic mass is 10.2. The highest BCUT2D eigenvalue weighted by Crippen LogP contribution is 2.22. The van der Waals surface area contributed by atoms with E-state index in [0.717, 1.165) is 5.01 Å². The molecule has 0 aliphatic carbocycles. The third kappa shape index (κ3) is 4.19. The second-order valence-electron chi connectivity index (χ2n) is 4.77. The van der Waals surface area contributed by atoms with Crippen molar-refractivity contribution >= 4 is 34.1 Å². The number of amides is 1. The summed E-state index contributed by atoms with van der Waals surface area (Å²) in [6.07, 6.45) is 2.92. The molecule has 0 fully saturated rings. The molecule has 0 spiro atoms. The van der Waals surface area contributed by atoms with Gasteiger partial charge in [-0.2, -0.15) is 0 Å². The van der Waals surface area contributed by atoms with E-state index in [1.165, 1.54) is 29.5 Å². The molecular formula is C14H14N4O3S. The predicted octanol–water partition coefficient (Wildman–Crippen LogP) is 3.22. The molecule has 114 valence electrons. The normalized spacial score (nSPS) is 11.0. The largest absolute Gasteiger partial charge is 0.297 e. The van der Waals surface area contributed by atoms with Gasteiger partial charge in [0, 0.05) is 24.1 Å². The number of nitro groups is 1. The van der Waals surface area contributed by atoms with Gasteiger partial charge in [0.25, 0.3) is 5.69 Å². The van der Waals surface area contributed by atoms with Crippen LogP contribution >= 0.6 is 11.3 Å². The SMILES string of the molecule is CC(C)c1nnc(NC(=O)/C=C/c2ccc([N+](=O)[O-])cc2)s1. The molecule has 1 amide bonds. The van der Waals surface area contributed by atoms with Gasteiger partial charge in [-0.3, -0.25) is 20.2 Å². The molecule has 2 rings (SSSR count). The van der Waals surface area contributed by atoms with Crippen molar-refractivity contribution < 1.29 is 9.72 Å². The number of hydrogen-bond donors (Lipinski definition) is 1. The van der Waals surface area contributed by atoms with E-state index in [-0.39, 0.29) is 17.5 Å². The van der Waals surface area contributed by atoms with E-state index in [1.54, 1.807) is 18.2 Å². The minimum Gasteiger partial charge on any atom is -0.297 e. The summed E-state index contributed by atoms with van der Waals surface area (Å²) in [7, 11) is 0. The van der Waals surface area contributed by atoms with Gasteiger partial charge in [-0.05, 0) is 23.8 Å². The van der Waals surface area contributed by atoms with Crippen molar-refractivity contribution in [3.8, 4) is 0 Å². The first-order valence-electron chi connectivity index (χ1n) is 6.52.